The van der Waals surface area contributed by atoms with Gasteiger partial charge in [-0.3, -0.25) is 4.79 Å². The zero-order valence-corrected chi connectivity index (χ0v) is 13.8. The molecule has 1 amide bonds. The molecular weight excluding hydrogens is 270 g/mol. The number of hydrogen-bond acceptors (Lipinski definition) is 3. The summed E-state index contributed by atoms with van der Waals surface area (Å²) >= 11 is 1.85. The van der Waals surface area contributed by atoms with Crippen LogP contribution < -0.4 is 10.1 Å². The molecule has 0 fully saturated rings. The third kappa shape index (κ3) is 6.85. The first kappa shape index (κ1) is 16.9. The van der Waals surface area contributed by atoms with Crippen LogP contribution in [-0.4, -0.2) is 29.1 Å². The van der Waals surface area contributed by atoms with Crippen LogP contribution in [0.4, 0.5) is 0 Å². The van der Waals surface area contributed by atoms with Crippen LogP contribution in [-0.2, 0) is 0 Å². The van der Waals surface area contributed by atoms with Crippen LogP contribution in [0.5, 0.6) is 5.75 Å². The van der Waals surface area contributed by atoms with Crippen molar-refractivity contribution in [1.82, 2.24) is 5.32 Å². The van der Waals surface area contributed by atoms with Crippen molar-refractivity contribution < 1.29 is 9.53 Å². The van der Waals surface area contributed by atoms with Crippen LogP contribution in [0, 0.1) is 0 Å². The predicted octanol–water partition coefficient (Wildman–Crippen LogP) is 3.74. The van der Waals surface area contributed by atoms with Gasteiger partial charge in [0.1, 0.15) is 5.75 Å². The van der Waals surface area contributed by atoms with E-state index in [1.54, 1.807) is 12.1 Å². The first-order valence-corrected chi connectivity index (χ1v) is 7.95. The van der Waals surface area contributed by atoms with Crippen LogP contribution >= 0.6 is 11.8 Å². The zero-order valence-electron chi connectivity index (χ0n) is 13.0. The van der Waals surface area contributed by atoms with E-state index in [1.165, 1.54) is 0 Å². The Kier molecular flexibility index (Phi) is 6.40. The lowest BCUT2D eigenvalue weighted by Gasteiger charge is -2.17. The normalized spacial score (nSPS) is 11.5. The van der Waals surface area contributed by atoms with Gasteiger partial charge in [0.2, 0.25) is 0 Å². The summed E-state index contributed by atoms with van der Waals surface area (Å²) in [5, 5.41) is 2.93. The number of benzene rings is 1. The Bertz CT molecular complexity index is 421. The summed E-state index contributed by atoms with van der Waals surface area (Å²) in [5.74, 6) is 1.68. The number of hydrogen-bond donors (Lipinski definition) is 1. The molecule has 3 nitrogen and oxygen atoms in total. The van der Waals surface area contributed by atoms with Crippen LogP contribution in [0.1, 0.15) is 45.0 Å². The van der Waals surface area contributed by atoms with Crippen LogP contribution in [0.2, 0.25) is 0 Å². The lowest BCUT2D eigenvalue weighted by atomic mass is 10.2. The number of carbonyl (C=O) groups is 1. The Hall–Kier alpha value is -1.16. The second-order valence-corrected chi connectivity index (χ2v) is 7.83. The molecule has 1 rings (SSSR count). The average Bonchev–Trinajstić information content (AvgIpc) is 2.33. The molecule has 112 valence electrons. The smallest absolute Gasteiger partial charge is 0.251 e. The first-order chi connectivity index (χ1) is 9.28. The third-order valence-corrected chi connectivity index (χ3v) is 3.69. The number of rotatable bonds is 6. The summed E-state index contributed by atoms with van der Waals surface area (Å²) in [4.78, 5) is 11.9. The highest BCUT2D eigenvalue weighted by Gasteiger charge is 2.10. The van der Waals surface area contributed by atoms with Crippen molar-refractivity contribution in [2.24, 2.45) is 0 Å². The third-order valence-electron chi connectivity index (χ3n) is 2.41. The van der Waals surface area contributed by atoms with E-state index in [2.05, 4.69) is 26.1 Å². The van der Waals surface area contributed by atoms with Crippen molar-refractivity contribution in [2.45, 2.75) is 45.5 Å². The average molecular weight is 295 g/mol. The highest BCUT2D eigenvalue weighted by atomic mass is 32.2. The molecule has 0 radical (unpaired) electrons. The number of nitrogens with one attached hydrogen (secondary N) is 1. The van der Waals surface area contributed by atoms with E-state index in [9.17, 15) is 4.79 Å². The molecule has 4 heteroatoms. The Morgan fingerprint density at radius 3 is 2.35 bits per heavy atom. The minimum Gasteiger partial charge on any atom is -0.491 e. The first-order valence-electron chi connectivity index (χ1n) is 6.97. The van der Waals surface area contributed by atoms with Gasteiger partial charge in [-0.15, -0.1) is 0 Å². The van der Waals surface area contributed by atoms with Gasteiger partial charge in [0, 0.05) is 22.6 Å². The molecular formula is C16H25NO2S. The highest BCUT2D eigenvalue weighted by Crippen LogP contribution is 2.22. The van der Waals surface area contributed by atoms with Gasteiger partial charge in [0.15, 0.2) is 0 Å². The molecule has 0 spiro atoms. The van der Waals surface area contributed by atoms with E-state index in [-0.39, 0.29) is 16.8 Å². The maximum absolute atomic E-state index is 11.9. The van der Waals surface area contributed by atoms with Gasteiger partial charge in [0.05, 0.1) is 6.10 Å². The summed E-state index contributed by atoms with van der Waals surface area (Å²) in [6.07, 6.45) is 0.143. The molecule has 20 heavy (non-hydrogen) atoms. The zero-order chi connectivity index (χ0) is 15.2. The van der Waals surface area contributed by atoms with E-state index >= 15 is 0 Å². The number of ether oxygens (including phenoxy) is 1. The second kappa shape index (κ2) is 7.58. The van der Waals surface area contributed by atoms with Crippen LogP contribution in [0.25, 0.3) is 0 Å². The van der Waals surface area contributed by atoms with Gasteiger partial charge in [-0.1, -0.05) is 20.8 Å². The van der Waals surface area contributed by atoms with Crippen molar-refractivity contribution in [1.29, 1.82) is 0 Å². The molecule has 0 atom stereocenters. The Morgan fingerprint density at radius 2 is 1.85 bits per heavy atom. The standard InChI is InChI=1S/C16H25NO2S/c1-12(2)19-14-8-6-13(7-9-14)15(18)17-10-11-20-16(3,4)5/h6-9,12H,10-11H2,1-5H3,(H,17,18). The van der Waals surface area contributed by atoms with Gasteiger partial charge in [0.25, 0.3) is 5.91 Å². The van der Waals surface area contributed by atoms with Gasteiger partial charge in [-0.05, 0) is 38.1 Å². The molecule has 1 aromatic carbocycles. The van der Waals surface area contributed by atoms with E-state index in [0.29, 0.717) is 12.1 Å². The molecule has 0 saturated carbocycles. The molecule has 1 N–H and O–H groups in total. The number of thioether (sulfide) groups is 1. The summed E-state index contributed by atoms with van der Waals surface area (Å²) in [5.41, 5.74) is 0.668. The van der Waals surface area contributed by atoms with Gasteiger partial charge >= 0.3 is 0 Å². The lowest BCUT2D eigenvalue weighted by molar-refractivity contribution is 0.0956. The van der Waals surface area contributed by atoms with E-state index in [1.807, 2.05) is 37.7 Å². The van der Waals surface area contributed by atoms with E-state index < -0.39 is 0 Å². The summed E-state index contributed by atoms with van der Waals surface area (Å²) < 4.78 is 5.79. The Balaban J connectivity index is 2.40. The Labute approximate surface area is 126 Å². The molecule has 0 aliphatic rings. The predicted molar refractivity (Wildman–Crippen MR) is 86.8 cm³/mol. The van der Waals surface area contributed by atoms with Crippen LogP contribution in [0.3, 0.4) is 0 Å². The Morgan fingerprint density at radius 1 is 1.25 bits per heavy atom. The van der Waals surface area contributed by atoms with Crippen molar-refractivity contribution in [3.63, 3.8) is 0 Å². The largest absolute Gasteiger partial charge is 0.491 e. The maximum atomic E-state index is 11.9. The summed E-state index contributed by atoms with van der Waals surface area (Å²) in [6, 6.07) is 7.26. The fourth-order valence-electron chi connectivity index (χ4n) is 1.58. The quantitative estimate of drug-likeness (QED) is 0.813. The van der Waals surface area contributed by atoms with E-state index in [4.69, 9.17) is 4.74 Å². The van der Waals surface area contributed by atoms with E-state index in [0.717, 1.165) is 11.5 Å². The summed E-state index contributed by atoms with van der Waals surface area (Å²) in [6.45, 7) is 11.2. The minimum atomic E-state index is -0.0318. The topological polar surface area (TPSA) is 38.3 Å². The molecule has 0 unspecified atom stereocenters. The van der Waals surface area contributed by atoms with Gasteiger partial charge in [-0.2, -0.15) is 11.8 Å². The van der Waals surface area contributed by atoms with Crippen molar-refractivity contribution in [3.05, 3.63) is 29.8 Å². The molecule has 0 aliphatic heterocycles. The van der Waals surface area contributed by atoms with Crippen molar-refractivity contribution >= 4 is 17.7 Å². The van der Waals surface area contributed by atoms with Crippen LogP contribution in [0.15, 0.2) is 24.3 Å². The maximum Gasteiger partial charge on any atom is 0.251 e. The molecule has 1 aromatic rings. The van der Waals surface area contributed by atoms with Gasteiger partial charge < -0.3 is 10.1 Å². The highest BCUT2D eigenvalue weighted by molar-refractivity contribution is 8.00. The molecule has 0 saturated heterocycles. The fourth-order valence-corrected chi connectivity index (χ4v) is 2.40. The number of carbonyl (C=O) groups excluding carboxylic acids is 1. The molecule has 0 aliphatic carbocycles. The minimum absolute atomic E-state index is 0.0318. The lowest BCUT2D eigenvalue weighted by Crippen LogP contribution is -2.26. The number of amides is 1. The van der Waals surface area contributed by atoms with Crippen molar-refractivity contribution in [2.75, 3.05) is 12.3 Å². The monoisotopic (exact) mass is 295 g/mol. The van der Waals surface area contributed by atoms with Crippen molar-refractivity contribution in [3.8, 4) is 5.75 Å². The molecule has 0 bridgehead atoms. The molecule has 0 aromatic heterocycles. The molecule has 0 heterocycles. The van der Waals surface area contributed by atoms with Gasteiger partial charge in [-0.25, -0.2) is 0 Å². The second-order valence-electron chi connectivity index (χ2n) is 5.91. The fraction of sp³-hybridized carbons (Fsp3) is 0.562. The summed E-state index contributed by atoms with van der Waals surface area (Å²) in [7, 11) is 0. The SMILES string of the molecule is CC(C)Oc1ccc(C(=O)NCCSC(C)(C)C)cc1.